The van der Waals surface area contributed by atoms with Gasteiger partial charge in [0, 0.05) is 13.2 Å². The van der Waals surface area contributed by atoms with Crippen LogP contribution in [0.5, 0.6) is 0 Å². The molecule has 0 saturated heterocycles. The normalized spacial score (nSPS) is 15.0. The van der Waals surface area contributed by atoms with Crippen molar-refractivity contribution in [1.82, 2.24) is 19.4 Å². The lowest BCUT2D eigenvalue weighted by atomic mass is 9.98. The summed E-state index contributed by atoms with van der Waals surface area (Å²) in [7, 11) is -2.85. The Morgan fingerprint density at radius 2 is 1.79 bits per heavy atom. The fourth-order valence-corrected chi connectivity index (χ4v) is 4.32. The standard InChI is InChI=1S/C23H34N4O6S/c1-8-16(3)19(25-22(30)33-23(4,5)6)21(29)27-18(13-14-24-27)20(28)26(7)34(31,32)17-11-9-15(2)10-12-17/h9-14,16,19-20,28H,8H2,1-7H3,(H,25,30)/t16?,19-,20?/m1/s1. The topological polar surface area (TPSA) is 131 Å². The molecule has 3 atom stereocenters. The maximum Gasteiger partial charge on any atom is 0.408 e. The van der Waals surface area contributed by atoms with Gasteiger partial charge in [0.1, 0.15) is 11.6 Å². The van der Waals surface area contributed by atoms with Gasteiger partial charge in [-0.1, -0.05) is 38.0 Å². The summed E-state index contributed by atoms with van der Waals surface area (Å²) in [6, 6.07) is 6.54. The average molecular weight is 495 g/mol. The SMILES string of the molecule is CCC(C)[C@@H](NC(=O)OC(C)(C)C)C(=O)n1nccc1C(O)N(C)S(=O)(=O)c1ccc(C)cc1. The number of rotatable bonds is 8. The Labute approximate surface area is 201 Å². The average Bonchev–Trinajstić information content (AvgIpc) is 3.24. The van der Waals surface area contributed by atoms with E-state index in [4.69, 9.17) is 4.74 Å². The van der Waals surface area contributed by atoms with Gasteiger partial charge in [0.15, 0.2) is 6.23 Å². The number of hydrogen-bond donors (Lipinski definition) is 2. The molecule has 1 aromatic carbocycles. The first-order chi connectivity index (χ1) is 15.7. The second-order valence-electron chi connectivity index (χ2n) is 9.22. The second kappa shape index (κ2) is 10.7. The van der Waals surface area contributed by atoms with Gasteiger partial charge in [0.2, 0.25) is 10.0 Å². The smallest absolute Gasteiger partial charge is 0.408 e. The molecule has 0 spiro atoms. The number of aromatic nitrogens is 2. The quantitative estimate of drug-likeness (QED) is 0.539. The van der Waals surface area contributed by atoms with Crippen LogP contribution in [0, 0.1) is 12.8 Å². The molecule has 2 rings (SSSR count). The number of alkyl carbamates (subject to hydrolysis) is 1. The van der Waals surface area contributed by atoms with E-state index >= 15 is 0 Å². The highest BCUT2D eigenvalue weighted by molar-refractivity contribution is 7.89. The van der Waals surface area contributed by atoms with Crippen LogP contribution in [0.1, 0.15) is 63.3 Å². The van der Waals surface area contributed by atoms with Crippen molar-refractivity contribution < 1.29 is 27.9 Å². The second-order valence-corrected chi connectivity index (χ2v) is 11.2. The molecule has 2 aromatic rings. The van der Waals surface area contributed by atoms with Crippen LogP contribution in [0.15, 0.2) is 41.4 Å². The minimum Gasteiger partial charge on any atom is -0.444 e. The summed E-state index contributed by atoms with van der Waals surface area (Å²) in [4.78, 5) is 25.7. The molecule has 0 saturated carbocycles. The third kappa shape index (κ3) is 6.43. The Kier molecular flexibility index (Phi) is 8.62. The molecule has 0 aliphatic heterocycles. The van der Waals surface area contributed by atoms with Gasteiger partial charge in [0.05, 0.1) is 10.6 Å². The largest absolute Gasteiger partial charge is 0.444 e. The minimum absolute atomic E-state index is 0.00103. The maximum absolute atomic E-state index is 13.4. The predicted molar refractivity (Wildman–Crippen MR) is 127 cm³/mol. The van der Waals surface area contributed by atoms with Gasteiger partial charge in [-0.2, -0.15) is 14.1 Å². The summed E-state index contributed by atoms with van der Waals surface area (Å²) in [6.07, 6.45) is -0.617. The Balaban J connectivity index is 2.34. The molecule has 0 aliphatic rings. The third-order valence-electron chi connectivity index (χ3n) is 5.34. The number of nitrogens with zero attached hydrogens (tertiary/aromatic N) is 3. The van der Waals surface area contributed by atoms with Gasteiger partial charge in [-0.25, -0.2) is 13.2 Å². The van der Waals surface area contributed by atoms with Crippen molar-refractivity contribution in [2.24, 2.45) is 5.92 Å². The molecule has 0 aliphatic carbocycles. The van der Waals surface area contributed by atoms with Crippen molar-refractivity contribution in [3.63, 3.8) is 0 Å². The number of ether oxygens (including phenoxy) is 1. The molecule has 2 unspecified atom stereocenters. The summed E-state index contributed by atoms with van der Waals surface area (Å²) in [5.74, 6) is -0.913. The molecular weight excluding hydrogens is 460 g/mol. The van der Waals surface area contributed by atoms with Gasteiger partial charge in [0.25, 0.3) is 5.91 Å². The van der Waals surface area contributed by atoms with Crippen LogP contribution in [0.2, 0.25) is 0 Å². The first-order valence-corrected chi connectivity index (χ1v) is 12.4. The number of aryl methyl sites for hydroxylation is 1. The van der Waals surface area contributed by atoms with E-state index in [0.29, 0.717) is 6.42 Å². The van der Waals surface area contributed by atoms with E-state index in [2.05, 4.69) is 10.4 Å². The summed E-state index contributed by atoms with van der Waals surface area (Å²) >= 11 is 0. The van der Waals surface area contributed by atoms with Crippen molar-refractivity contribution in [3.8, 4) is 0 Å². The molecule has 0 bridgehead atoms. The first-order valence-electron chi connectivity index (χ1n) is 11.0. The Morgan fingerprint density at radius 3 is 2.32 bits per heavy atom. The van der Waals surface area contributed by atoms with Crippen LogP contribution in [0.4, 0.5) is 4.79 Å². The molecule has 1 amide bonds. The van der Waals surface area contributed by atoms with Crippen molar-refractivity contribution in [2.45, 2.75) is 70.7 Å². The van der Waals surface area contributed by atoms with Gasteiger partial charge >= 0.3 is 6.09 Å². The molecule has 1 heterocycles. The summed E-state index contributed by atoms with van der Waals surface area (Å²) < 4.78 is 33.0. The van der Waals surface area contributed by atoms with E-state index in [1.807, 2.05) is 13.8 Å². The van der Waals surface area contributed by atoms with Crippen LogP contribution in [0.25, 0.3) is 0 Å². The number of benzene rings is 1. The lowest BCUT2D eigenvalue weighted by Crippen LogP contribution is -2.49. The van der Waals surface area contributed by atoms with E-state index in [1.165, 1.54) is 31.4 Å². The van der Waals surface area contributed by atoms with Crippen LogP contribution in [0.3, 0.4) is 0 Å². The van der Waals surface area contributed by atoms with Crippen molar-refractivity contribution in [3.05, 3.63) is 47.8 Å². The molecule has 2 N–H and O–H groups in total. The number of carbonyl (C=O) groups excluding carboxylic acids is 2. The maximum atomic E-state index is 13.4. The number of aliphatic hydroxyl groups is 1. The Bertz CT molecular complexity index is 1110. The van der Waals surface area contributed by atoms with Crippen LogP contribution >= 0.6 is 0 Å². The number of sulfonamides is 1. The van der Waals surface area contributed by atoms with E-state index < -0.39 is 39.9 Å². The number of hydrogen-bond acceptors (Lipinski definition) is 7. The number of amides is 1. The predicted octanol–water partition coefficient (Wildman–Crippen LogP) is 3.08. The fourth-order valence-electron chi connectivity index (χ4n) is 3.14. The van der Waals surface area contributed by atoms with Crippen molar-refractivity contribution in [1.29, 1.82) is 0 Å². The van der Waals surface area contributed by atoms with E-state index in [1.54, 1.807) is 39.8 Å². The summed E-state index contributed by atoms with van der Waals surface area (Å²) in [6.45, 7) is 10.6. The van der Waals surface area contributed by atoms with Gasteiger partial charge in [-0.05, 0) is 51.8 Å². The molecule has 10 nitrogen and oxygen atoms in total. The van der Waals surface area contributed by atoms with Crippen LogP contribution in [-0.4, -0.2) is 58.3 Å². The number of carbonyl (C=O) groups is 2. The molecule has 11 heteroatoms. The Morgan fingerprint density at radius 1 is 1.21 bits per heavy atom. The molecule has 0 radical (unpaired) electrons. The third-order valence-corrected chi connectivity index (χ3v) is 7.16. The van der Waals surface area contributed by atoms with Gasteiger partial charge in [-0.15, -0.1) is 0 Å². The highest BCUT2D eigenvalue weighted by atomic mass is 32.2. The number of aliphatic hydroxyl groups excluding tert-OH is 1. The summed E-state index contributed by atoms with van der Waals surface area (Å²) in [5.41, 5.74) is 0.0784. The van der Waals surface area contributed by atoms with Crippen LogP contribution < -0.4 is 5.32 Å². The lowest BCUT2D eigenvalue weighted by molar-refractivity contribution is 0.0443. The molecular formula is C23H34N4O6S. The summed E-state index contributed by atoms with van der Waals surface area (Å²) in [5, 5.41) is 17.5. The van der Waals surface area contributed by atoms with Crippen molar-refractivity contribution in [2.75, 3.05) is 7.05 Å². The fraction of sp³-hybridized carbons (Fsp3) is 0.522. The van der Waals surface area contributed by atoms with Crippen LogP contribution in [-0.2, 0) is 14.8 Å². The van der Waals surface area contributed by atoms with Gasteiger partial charge in [-0.3, -0.25) is 4.79 Å². The highest BCUT2D eigenvalue weighted by Crippen LogP contribution is 2.25. The van der Waals surface area contributed by atoms with Crippen molar-refractivity contribution >= 4 is 22.0 Å². The first kappa shape index (κ1) is 27.5. The van der Waals surface area contributed by atoms with E-state index in [0.717, 1.165) is 14.6 Å². The molecule has 188 valence electrons. The molecule has 0 fully saturated rings. The zero-order chi connectivity index (χ0) is 25.8. The lowest BCUT2D eigenvalue weighted by Gasteiger charge is -2.27. The highest BCUT2D eigenvalue weighted by Gasteiger charge is 2.35. The monoisotopic (exact) mass is 494 g/mol. The zero-order valence-electron chi connectivity index (χ0n) is 20.6. The van der Waals surface area contributed by atoms with E-state index in [9.17, 15) is 23.1 Å². The molecule has 1 aromatic heterocycles. The minimum atomic E-state index is -4.06. The zero-order valence-corrected chi connectivity index (χ0v) is 21.5. The Hall–Kier alpha value is -2.76. The number of nitrogens with one attached hydrogen (secondary N) is 1. The molecule has 34 heavy (non-hydrogen) atoms. The van der Waals surface area contributed by atoms with Gasteiger partial charge < -0.3 is 15.2 Å². The van der Waals surface area contributed by atoms with E-state index in [-0.39, 0.29) is 16.5 Å².